The Hall–Kier alpha value is -2.36. The molecule has 0 saturated heterocycles. The molecule has 0 fully saturated rings. The highest BCUT2D eigenvalue weighted by atomic mass is 16.7. The molecule has 114 valence electrons. The average Bonchev–Trinajstić information content (AvgIpc) is 2.89. The Morgan fingerprint density at radius 3 is 2.77 bits per heavy atom. The van der Waals surface area contributed by atoms with Crippen molar-refractivity contribution in [1.82, 2.24) is 4.98 Å². The SMILES string of the molecule is CCc1c(C)[nH]c2c1/C(=N/OC(=O)c1ccccc1)CCC2. The van der Waals surface area contributed by atoms with Gasteiger partial charge in [0.2, 0.25) is 0 Å². The number of benzene rings is 1. The van der Waals surface area contributed by atoms with Gasteiger partial charge in [-0.3, -0.25) is 0 Å². The zero-order valence-electron chi connectivity index (χ0n) is 13.0. The van der Waals surface area contributed by atoms with E-state index in [1.54, 1.807) is 12.1 Å². The Bertz CT molecular complexity index is 714. The number of carbonyl (C=O) groups is 1. The zero-order chi connectivity index (χ0) is 15.5. The summed E-state index contributed by atoms with van der Waals surface area (Å²) in [6.45, 7) is 4.23. The van der Waals surface area contributed by atoms with Crippen molar-refractivity contribution >= 4 is 11.7 Å². The molecule has 1 heterocycles. The van der Waals surface area contributed by atoms with Gasteiger partial charge in [-0.1, -0.05) is 30.3 Å². The molecular weight excluding hydrogens is 276 g/mol. The molecule has 2 aromatic rings. The molecule has 4 nitrogen and oxygen atoms in total. The zero-order valence-corrected chi connectivity index (χ0v) is 13.0. The van der Waals surface area contributed by atoms with Gasteiger partial charge in [0.1, 0.15) is 0 Å². The molecule has 0 radical (unpaired) electrons. The number of hydrogen-bond donors (Lipinski definition) is 1. The summed E-state index contributed by atoms with van der Waals surface area (Å²) in [6.07, 6.45) is 3.85. The van der Waals surface area contributed by atoms with Crippen molar-refractivity contribution in [2.24, 2.45) is 5.16 Å². The second kappa shape index (κ2) is 6.18. The van der Waals surface area contributed by atoms with E-state index in [-0.39, 0.29) is 0 Å². The van der Waals surface area contributed by atoms with Crippen LogP contribution in [0.3, 0.4) is 0 Å². The fourth-order valence-corrected chi connectivity index (χ4v) is 3.08. The molecule has 4 heteroatoms. The summed E-state index contributed by atoms with van der Waals surface area (Å²) in [5.74, 6) is -0.412. The maximum atomic E-state index is 12.0. The highest BCUT2D eigenvalue weighted by molar-refractivity contribution is 6.04. The Kier molecular flexibility index (Phi) is 4.09. The third-order valence-corrected chi connectivity index (χ3v) is 4.13. The third-order valence-electron chi connectivity index (χ3n) is 4.13. The van der Waals surface area contributed by atoms with E-state index in [1.807, 2.05) is 18.2 Å². The first-order chi connectivity index (χ1) is 10.7. The van der Waals surface area contributed by atoms with Crippen molar-refractivity contribution < 1.29 is 9.63 Å². The molecule has 1 aromatic heterocycles. The van der Waals surface area contributed by atoms with E-state index in [2.05, 4.69) is 24.0 Å². The highest BCUT2D eigenvalue weighted by Crippen LogP contribution is 2.28. The molecule has 1 aliphatic carbocycles. The summed E-state index contributed by atoms with van der Waals surface area (Å²) >= 11 is 0. The Morgan fingerprint density at radius 1 is 1.27 bits per heavy atom. The minimum absolute atomic E-state index is 0.412. The molecule has 1 aliphatic rings. The van der Waals surface area contributed by atoms with Gasteiger partial charge in [0.05, 0.1) is 11.3 Å². The van der Waals surface area contributed by atoms with Crippen LogP contribution < -0.4 is 0 Å². The molecule has 0 unspecified atom stereocenters. The lowest BCUT2D eigenvalue weighted by atomic mass is 9.92. The molecule has 0 spiro atoms. The molecule has 0 bridgehead atoms. The van der Waals surface area contributed by atoms with Gasteiger partial charge in [-0.25, -0.2) is 4.79 Å². The van der Waals surface area contributed by atoms with Gasteiger partial charge in [0.25, 0.3) is 0 Å². The predicted octanol–water partition coefficient (Wildman–Crippen LogP) is 3.78. The van der Waals surface area contributed by atoms with Crippen molar-refractivity contribution in [3.8, 4) is 0 Å². The van der Waals surface area contributed by atoms with Crippen LogP contribution in [-0.2, 0) is 17.7 Å². The van der Waals surface area contributed by atoms with E-state index < -0.39 is 5.97 Å². The van der Waals surface area contributed by atoms with Crippen molar-refractivity contribution in [3.05, 3.63) is 58.4 Å². The van der Waals surface area contributed by atoms with Gasteiger partial charge in [0.15, 0.2) is 0 Å². The number of nitrogens with one attached hydrogen (secondary N) is 1. The Balaban J connectivity index is 1.86. The lowest BCUT2D eigenvalue weighted by Crippen LogP contribution is -2.14. The van der Waals surface area contributed by atoms with E-state index in [0.717, 1.165) is 37.0 Å². The van der Waals surface area contributed by atoms with E-state index in [9.17, 15) is 4.79 Å². The number of nitrogens with zero attached hydrogens (tertiary/aromatic N) is 1. The maximum Gasteiger partial charge on any atom is 0.365 e. The largest absolute Gasteiger partial charge is 0.365 e. The minimum Gasteiger partial charge on any atom is -0.362 e. The first-order valence-corrected chi connectivity index (χ1v) is 7.74. The number of aromatic amines is 1. The van der Waals surface area contributed by atoms with Gasteiger partial charge < -0.3 is 9.82 Å². The number of fused-ring (bicyclic) bond motifs is 1. The minimum atomic E-state index is -0.412. The van der Waals surface area contributed by atoms with Crippen molar-refractivity contribution in [2.45, 2.75) is 39.5 Å². The second-order valence-electron chi connectivity index (χ2n) is 5.57. The number of carbonyl (C=O) groups excluding carboxylic acids is 1. The van der Waals surface area contributed by atoms with Crippen LogP contribution in [0.5, 0.6) is 0 Å². The summed E-state index contributed by atoms with van der Waals surface area (Å²) in [4.78, 5) is 20.6. The Labute approximate surface area is 130 Å². The van der Waals surface area contributed by atoms with Crippen LogP contribution in [-0.4, -0.2) is 16.7 Å². The topological polar surface area (TPSA) is 54.4 Å². The molecule has 3 rings (SSSR count). The summed E-state index contributed by atoms with van der Waals surface area (Å²) < 4.78 is 0. The van der Waals surface area contributed by atoms with E-state index in [4.69, 9.17) is 4.84 Å². The smallest absolute Gasteiger partial charge is 0.362 e. The van der Waals surface area contributed by atoms with E-state index >= 15 is 0 Å². The number of rotatable bonds is 3. The first-order valence-electron chi connectivity index (χ1n) is 7.74. The van der Waals surface area contributed by atoms with Crippen LogP contribution in [0.4, 0.5) is 0 Å². The number of aromatic nitrogens is 1. The molecule has 1 N–H and O–H groups in total. The molecule has 22 heavy (non-hydrogen) atoms. The predicted molar refractivity (Wildman–Crippen MR) is 86.2 cm³/mol. The average molecular weight is 296 g/mol. The normalized spacial score (nSPS) is 15.6. The third kappa shape index (κ3) is 2.69. The number of oxime groups is 1. The number of H-pyrrole nitrogens is 1. The molecule has 0 atom stereocenters. The second-order valence-corrected chi connectivity index (χ2v) is 5.57. The maximum absolute atomic E-state index is 12.0. The van der Waals surface area contributed by atoms with Crippen LogP contribution >= 0.6 is 0 Å². The van der Waals surface area contributed by atoms with Gasteiger partial charge in [-0.2, -0.15) is 0 Å². The van der Waals surface area contributed by atoms with Gasteiger partial charge in [0, 0.05) is 17.0 Å². The lowest BCUT2D eigenvalue weighted by molar-refractivity contribution is 0.0515. The van der Waals surface area contributed by atoms with Crippen LogP contribution in [0, 0.1) is 6.92 Å². The van der Waals surface area contributed by atoms with Gasteiger partial charge >= 0.3 is 5.97 Å². The van der Waals surface area contributed by atoms with Crippen LogP contribution in [0.15, 0.2) is 35.5 Å². The molecule has 1 aromatic carbocycles. The summed E-state index contributed by atoms with van der Waals surface area (Å²) in [7, 11) is 0. The van der Waals surface area contributed by atoms with Crippen molar-refractivity contribution in [1.29, 1.82) is 0 Å². The molecule has 0 saturated carbocycles. The first kappa shape index (κ1) is 14.6. The van der Waals surface area contributed by atoms with Crippen molar-refractivity contribution in [2.75, 3.05) is 0 Å². The number of hydrogen-bond acceptors (Lipinski definition) is 3. The summed E-state index contributed by atoms with van der Waals surface area (Å²) in [5, 5.41) is 4.17. The van der Waals surface area contributed by atoms with E-state index in [0.29, 0.717) is 5.56 Å². The fraction of sp³-hybridized carbons (Fsp3) is 0.333. The van der Waals surface area contributed by atoms with Crippen LogP contribution in [0.25, 0.3) is 0 Å². The highest BCUT2D eigenvalue weighted by Gasteiger charge is 2.23. The number of aryl methyl sites for hydroxylation is 2. The fourth-order valence-electron chi connectivity index (χ4n) is 3.08. The molecular formula is C18H20N2O2. The van der Waals surface area contributed by atoms with Crippen LogP contribution in [0.2, 0.25) is 0 Å². The molecule has 0 amide bonds. The van der Waals surface area contributed by atoms with Crippen LogP contribution in [0.1, 0.15) is 52.6 Å². The standard InChI is InChI=1S/C18H20N2O2/c1-3-14-12(2)19-15-10-7-11-16(17(14)15)20-22-18(21)13-8-5-4-6-9-13/h4-6,8-9,19H,3,7,10-11H2,1-2H3/b20-16+. The summed E-state index contributed by atoms with van der Waals surface area (Å²) in [6, 6.07) is 8.95. The summed E-state index contributed by atoms with van der Waals surface area (Å²) in [5.41, 5.74) is 6.25. The molecule has 0 aliphatic heterocycles. The van der Waals surface area contributed by atoms with Gasteiger partial charge in [-0.15, -0.1) is 0 Å². The lowest BCUT2D eigenvalue weighted by Gasteiger charge is -2.14. The van der Waals surface area contributed by atoms with Crippen molar-refractivity contribution in [3.63, 3.8) is 0 Å². The monoisotopic (exact) mass is 296 g/mol. The quantitative estimate of drug-likeness (QED) is 0.692. The van der Waals surface area contributed by atoms with E-state index in [1.165, 1.54) is 17.0 Å². The Morgan fingerprint density at radius 2 is 2.05 bits per heavy atom. The van der Waals surface area contributed by atoms with Gasteiger partial charge in [-0.05, 0) is 50.3 Å².